The highest BCUT2D eigenvalue weighted by Gasteiger charge is 2.31. The van der Waals surface area contributed by atoms with Crippen molar-refractivity contribution in [2.75, 3.05) is 26.7 Å². The number of aryl methyl sites for hydroxylation is 1. The number of carbonyl (C=O) groups excluding carboxylic acids is 1. The lowest BCUT2D eigenvalue weighted by atomic mass is 10.2. The van der Waals surface area contributed by atoms with Crippen LogP contribution in [0.3, 0.4) is 0 Å². The van der Waals surface area contributed by atoms with Crippen LogP contribution in [0, 0.1) is 6.92 Å². The molecule has 0 saturated carbocycles. The Morgan fingerprint density at radius 3 is 2.33 bits per heavy atom. The molecule has 0 unspecified atom stereocenters. The van der Waals surface area contributed by atoms with Crippen LogP contribution in [-0.2, 0) is 21.4 Å². The number of methoxy groups -OCH3 is 1. The van der Waals surface area contributed by atoms with Gasteiger partial charge in [-0.3, -0.25) is 4.79 Å². The Hall–Kier alpha value is -2.38. The molecule has 0 N–H and O–H groups in total. The lowest BCUT2D eigenvalue weighted by Crippen LogP contribution is -2.43. The highest BCUT2D eigenvalue weighted by Crippen LogP contribution is 2.29. The normalized spacial score (nSPS) is 15.1. The van der Waals surface area contributed by atoms with E-state index in [4.69, 9.17) is 4.74 Å². The van der Waals surface area contributed by atoms with Crippen LogP contribution in [0.1, 0.15) is 36.8 Å². The van der Waals surface area contributed by atoms with Gasteiger partial charge in [0.05, 0.1) is 13.7 Å². The van der Waals surface area contributed by atoms with Gasteiger partial charge in [0.15, 0.2) is 0 Å². The first-order valence-electron chi connectivity index (χ1n) is 10.4. The topological polar surface area (TPSA) is 66.9 Å². The number of ether oxygens (including phenoxy) is 1. The smallest absolute Gasteiger partial charge is 0.247 e. The number of carbonyl (C=O) groups is 1. The summed E-state index contributed by atoms with van der Waals surface area (Å²) in [6.45, 7) is 3.15. The van der Waals surface area contributed by atoms with E-state index < -0.39 is 10.0 Å². The molecule has 0 atom stereocenters. The highest BCUT2D eigenvalue weighted by atomic mass is 32.2. The maximum Gasteiger partial charge on any atom is 0.247 e. The molecular weight excluding hydrogens is 400 g/mol. The number of hydrogen-bond acceptors (Lipinski definition) is 4. The monoisotopic (exact) mass is 430 g/mol. The van der Waals surface area contributed by atoms with Crippen LogP contribution in [0.5, 0.6) is 5.75 Å². The molecule has 3 rings (SSSR count). The van der Waals surface area contributed by atoms with E-state index >= 15 is 0 Å². The molecule has 0 bridgehead atoms. The summed E-state index contributed by atoms with van der Waals surface area (Å²) in [5.74, 6) is 0.129. The van der Waals surface area contributed by atoms with E-state index in [-0.39, 0.29) is 29.6 Å². The summed E-state index contributed by atoms with van der Waals surface area (Å²) in [6, 6.07) is 14.4. The van der Waals surface area contributed by atoms with Gasteiger partial charge in [0.1, 0.15) is 10.6 Å². The molecule has 0 aromatic heterocycles. The van der Waals surface area contributed by atoms with E-state index in [9.17, 15) is 13.2 Å². The van der Waals surface area contributed by atoms with Crippen molar-refractivity contribution in [3.63, 3.8) is 0 Å². The van der Waals surface area contributed by atoms with Gasteiger partial charge >= 0.3 is 0 Å². The Balaban J connectivity index is 1.94. The van der Waals surface area contributed by atoms with E-state index in [1.54, 1.807) is 17.0 Å². The van der Waals surface area contributed by atoms with Crippen molar-refractivity contribution in [3.8, 4) is 5.75 Å². The molecule has 1 aliphatic heterocycles. The maximum atomic E-state index is 13.6. The largest absolute Gasteiger partial charge is 0.495 e. The molecule has 1 fully saturated rings. The van der Waals surface area contributed by atoms with Crippen molar-refractivity contribution in [2.45, 2.75) is 44.0 Å². The molecule has 1 amide bonds. The molecule has 6 nitrogen and oxygen atoms in total. The Kier molecular flexibility index (Phi) is 7.50. The van der Waals surface area contributed by atoms with Crippen molar-refractivity contribution in [1.29, 1.82) is 0 Å². The van der Waals surface area contributed by atoms with E-state index in [0.29, 0.717) is 13.1 Å². The van der Waals surface area contributed by atoms with Gasteiger partial charge in [0.25, 0.3) is 0 Å². The van der Waals surface area contributed by atoms with Crippen LogP contribution in [0.2, 0.25) is 0 Å². The molecule has 30 heavy (non-hydrogen) atoms. The fourth-order valence-electron chi connectivity index (χ4n) is 3.71. The summed E-state index contributed by atoms with van der Waals surface area (Å²) in [4.78, 5) is 14.9. The number of rotatable bonds is 7. The standard InChI is InChI=1S/C23H30N2O4S/c1-19-12-13-21(29-2)22(16-19)30(27,28)25(17-20-10-6-5-7-11-20)18-23(26)24-14-8-3-4-9-15-24/h5-7,10-13,16H,3-4,8-9,14-15,17-18H2,1-2H3. The quantitative estimate of drug-likeness (QED) is 0.673. The number of amides is 1. The van der Waals surface area contributed by atoms with Crippen LogP contribution >= 0.6 is 0 Å². The molecule has 2 aromatic carbocycles. The average Bonchev–Trinajstić information content (AvgIpc) is 3.03. The van der Waals surface area contributed by atoms with Gasteiger partial charge in [-0.1, -0.05) is 49.2 Å². The summed E-state index contributed by atoms with van der Waals surface area (Å²) in [5.41, 5.74) is 1.64. The summed E-state index contributed by atoms with van der Waals surface area (Å²) >= 11 is 0. The van der Waals surface area contributed by atoms with Crippen molar-refractivity contribution in [3.05, 3.63) is 59.7 Å². The Bertz CT molecular complexity index is 952. The Morgan fingerprint density at radius 1 is 1.03 bits per heavy atom. The minimum atomic E-state index is -3.95. The number of nitrogens with zero attached hydrogens (tertiary/aromatic N) is 2. The maximum absolute atomic E-state index is 13.6. The predicted molar refractivity (Wildman–Crippen MR) is 117 cm³/mol. The van der Waals surface area contributed by atoms with Gasteiger partial charge in [-0.15, -0.1) is 0 Å². The lowest BCUT2D eigenvalue weighted by Gasteiger charge is -2.27. The van der Waals surface area contributed by atoms with Gasteiger partial charge in [0, 0.05) is 19.6 Å². The Morgan fingerprint density at radius 2 is 1.70 bits per heavy atom. The van der Waals surface area contributed by atoms with Gasteiger partial charge in [-0.2, -0.15) is 4.31 Å². The van der Waals surface area contributed by atoms with Crippen LogP contribution < -0.4 is 4.74 Å². The first-order valence-corrected chi connectivity index (χ1v) is 11.8. The van der Waals surface area contributed by atoms with E-state index in [1.807, 2.05) is 43.3 Å². The number of likely N-dealkylation sites (tertiary alicyclic amines) is 1. The molecule has 0 radical (unpaired) electrons. The minimum Gasteiger partial charge on any atom is -0.495 e. The molecule has 1 saturated heterocycles. The first kappa shape index (κ1) is 22.3. The number of sulfonamides is 1. The molecule has 0 aliphatic carbocycles. The lowest BCUT2D eigenvalue weighted by molar-refractivity contribution is -0.131. The molecule has 7 heteroatoms. The third kappa shape index (κ3) is 5.40. The van der Waals surface area contributed by atoms with Crippen molar-refractivity contribution in [2.24, 2.45) is 0 Å². The van der Waals surface area contributed by atoms with Gasteiger partial charge in [-0.25, -0.2) is 8.42 Å². The first-order chi connectivity index (χ1) is 14.4. The molecule has 1 heterocycles. The summed E-state index contributed by atoms with van der Waals surface area (Å²) in [7, 11) is -2.49. The average molecular weight is 431 g/mol. The highest BCUT2D eigenvalue weighted by molar-refractivity contribution is 7.89. The van der Waals surface area contributed by atoms with Crippen LogP contribution in [0.15, 0.2) is 53.4 Å². The Labute approximate surface area is 179 Å². The third-order valence-corrected chi connectivity index (χ3v) is 7.22. The van der Waals surface area contributed by atoms with Crippen molar-refractivity contribution >= 4 is 15.9 Å². The van der Waals surface area contributed by atoms with Gasteiger partial charge in [-0.05, 0) is 43.0 Å². The zero-order valence-electron chi connectivity index (χ0n) is 17.7. The van der Waals surface area contributed by atoms with Gasteiger partial charge in [0.2, 0.25) is 15.9 Å². The fourth-order valence-corrected chi connectivity index (χ4v) is 5.33. The summed E-state index contributed by atoms with van der Waals surface area (Å²) in [6.07, 6.45) is 4.14. The second kappa shape index (κ2) is 10.1. The van der Waals surface area contributed by atoms with Crippen molar-refractivity contribution in [1.82, 2.24) is 9.21 Å². The van der Waals surface area contributed by atoms with Crippen molar-refractivity contribution < 1.29 is 17.9 Å². The predicted octanol–water partition coefficient (Wildman–Crippen LogP) is 3.60. The van der Waals surface area contributed by atoms with Crippen LogP contribution in [0.25, 0.3) is 0 Å². The zero-order chi connectivity index (χ0) is 21.6. The second-order valence-electron chi connectivity index (χ2n) is 7.71. The zero-order valence-corrected chi connectivity index (χ0v) is 18.5. The van der Waals surface area contributed by atoms with Crippen LogP contribution in [-0.4, -0.2) is 50.3 Å². The van der Waals surface area contributed by atoms with Crippen LogP contribution in [0.4, 0.5) is 0 Å². The van der Waals surface area contributed by atoms with Gasteiger partial charge < -0.3 is 9.64 Å². The summed E-state index contributed by atoms with van der Waals surface area (Å²) in [5, 5.41) is 0. The molecule has 0 spiro atoms. The fraction of sp³-hybridized carbons (Fsp3) is 0.435. The molecule has 162 valence electrons. The number of hydrogen-bond donors (Lipinski definition) is 0. The van der Waals surface area contributed by atoms with E-state index in [2.05, 4.69) is 0 Å². The molecule has 1 aliphatic rings. The molecule has 2 aromatic rings. The third-order valence-electron chi connectivity index (χ3n) is 5.41. The van der Waals surface area contributed by atoms with E-state index in [0.717, 1.165) is 36.8 Å². The van der Waals surface area contributed by atoms with E-state index in [1.165, 1.54) is 11.4 Å². The molecular formula is C23H30N2O4S. The summed E-state index contributed by atoms with van der Waals surface area (Å²) < 4.78 is 33.9. The second-order valence-corrected chi connectivity index (χ2v) is 9.61. The minimum absolute atomic E-state index is 0.0876. The number of benzene rings is 2. The SMILES string of the molecule is COc1ccc(C)cc1S(=O)(=O)N(CC(=O)N1CCCCCC1)Cc1ccccc1.